The summed E-state index contributed by atoms with van der Waals surface area (Å²) >= 11 is 4.74. The highest BCUT2D eigenvalue weighted by Crippen LogP contribution is 2.25. The molecule has 0 saturated heterocycles. The fraction of sp³-hybridized carbons (Fsp3) is 0.176. The molecule has 2 aromatic carbocycles. The van der Waals surface area contributed by atoms with E-state index >= 15 is 0 Å². The lowest BCUT2D eigenvalue weighted by Crippen LogP contribution is -2.44. The smallest absolute Gasteiger partial charge is 0.276 e. The molecule has 0 spiro atoms. The second-order valence-electron chi connectivity index (χ2n) is 5.01. The van der Waals surface area contributed by atoms with Crippen molar-refractivity contribution in [2.24, 2.45) is 0 Å². The van der Waals surface area contributed by atoms with E-state index in [1.54, 1.807) is 6.07 Å². The quantitative estimate of drug-likeness (QED) is 0.549. The summed E-state index contributed by atoms with van der Waals surface area (Å²) < 4.78 is 19.4. The number of carbonyl (C=O) groups excluding carboxylic acids is 2. The average Bonchev–Trinajstić information content (AvgIpc) is 2.58. The van der Waals surface area contributed by atoms with E-state index in [1.807, 2.05) is 25.1 Å². The highest BCUT2D eigenvalue weighted by atomic mass is 79.9. The van der Waals surface area contributed by atoms with Gasteiger partial charge in [-0.3, -0.25) is 20.4 Å². The van der Waals surface area contributed by atoms with Crippen LogP contribution < -0.4 is 15.6 Å². The molecule has 132 valence electrons. The number of carbonyl (C=O) groups is 2. The van der Waals surface area contributed by atoms with Crippen LogP contribution in [0.4, 0.5) is 4.39 Å². The number of ether oxygens (including phenoxy) is 1. The maximum absolute atomic E-state index is 13.3. The van der Waals surface area contributed by atoms with Crippen molar-refractivity contribution in [3.8, 4) is 5.75 Å². The first-order valence-electron chi connectivity index (χ1n) is 7.29. The van der Waals surface area contributed by atoms with E-state index < -0.39 is 18.3 Å². The molecular weight excluding hydrogens is 411 g/mol. The zero-order valence-electron chi connectivity index (χ0n) is 13.3. The standard InChI is InChI=1S/C17H16BrFN2O3S/c1-11-8-12(18)6-7-15(11)25-10-17(23)21-20-16(22)9-24-14-5-3-2-4-13(14)19/h2-8H,9-10H2,1H3,(H,20,22)(H,21,23). The van der Waals surface area contributed by atoms with Gasteiger partial charge >= 0.3 is 0 Å². The van der Waals surface area contributed by atoms with Gasteiger partial charge in [-0.05, 0) is 42.8 Å². The molecule has 0 aliphatic rings. The van der Waals surface area contributed by atoms with E-state index in [9.17, 15) is 14.0 Å². The SMILES string of the molecule is Cc1cc(Br)ccc1SCC(=O)NNC(=O)COc1ccccc1F. The summed E-state index contributed by atoms with van der Waals surface area (Å²) in [6.45, 7) is 1.55. The van der Waals surface area contributed by atoms with E-state index in [0.29, 0.717) is 0 Å². The molecular formula is C17H16BrFN2O3S. The second kappa shape index (κ2) is 9.43. The van der Waals surface area contributed by atoms with Crippen molar-refractivity contribution in [2.75, 3.05) is 12.4 Å². The summed E-state index contributed by atoms with van der Waals surface area (Å²) in [5, 5.41) is 0. The summed E-state index contributed by atoms with van der Waals surface area (Å²) in [7, 11) is 0. The number of hydrogen-bond acceptors (Lipinski definition) is 4. The molecule has 2 rings (SSSR count). The normalized spacial score (nSPS) is 10.2. The number of halogens is 2. The first kappa shape index (κ1) is 19.3. The van der Waals surface area contributed by atoms with Gasteiger partial charge in [-0.2, -0.15) is 0 Å². The predicted octanol–water partition coefficient (Wildman–Crippen LogP) is 3.22. The summed E-state index contributed by atoms with van der Waals surface area (Å²) in [5.41, 5.74) is 5.57. The molecule has 0 fully saturated rings. The summed E-state index contributed by atoms with van der Waals surface area (Å²) in [6.07, 6.45) is 0. The molecule has 0 heterocycles. The molecule has 2 N–H and O–H groups in total. The Balaban J connectivity index is 1.70. The molecule has 0 atom stereocenters. The average molecular weight is 427 g/mol. The Labute approximate surface area is 157 Å². The van der Waals surface area contributed by atoms with Crippen LogP contribution in [0.5, 0.6) is 5.75 Å². The number of hydrogen-bond donors (Lipinski definition) is 2. The number of amides is 2. The van der Waals surface area contributed by atoms with Crippen molar-refractivity contribution >= 4 is 39.5 Å². The van der Waals surface area contributed by atoms with Crippen molar-refractivity contribution in [3.63, 3.8) is 0 Å². The first-order valence-corrected chi connectivity index (χ1v) is 9.07. The van der Waals surface area contributed by atoms with Gasteiger partial charge in [-0.25, -0.2) is 4.39 Å². The second-order valence-corrected chi connectivity index (χ2v) is 6.95. The Morgan fingerprint density at radius 1 is 1.16 bits per heavy atom. The van der Waals surface area contributed by atoms with E-state index in [4.69, 9.17) is 4.74 Å². The molecule has 2 amide bonds. The van der Waals surface area contributed by atoms with Gasteiger partial charge in [0.2, 0.25) is 5.91 Å². The minimum Gasteiger partial charge on any atom is -0.481 e. The number of benzene rings is 2. The minimum atomic E-state index is -0.582. The number of rotatable bonds is 6. The third-order valence-corrected chi connectivity index (χ3v) is 4.70. The Bertz CT molecular complexity index is 773. The Morgan fingerprint density at radius 3 is 2.60 bits per heavy atom. The van der Waals surface area contributed by atoms with Crippen LogP contribution in [0.3, 0.4) is 0 Å². The highest BCUT2D eigenvalue weighted by Gasteiger charge is 2.09. The molecule has 8 heteroatoms. The lowest BCUT2D eigenvalue weighted by Gasteiger charge is -2.10. The fourth-order valence-electron chi connectivity index (χ4n) is 1.83. The number of hydrazine groups is 1. The monoisotopic (exact) mass is 426 g/mol. The molecule has 0 unspecified atom stereocenters. The van der Waals surface area contributed by atoms with Crippen LogP contribution in [0.25, 0.3) is 0 Å². The molecule has 0 bridgehead atoms. The van der Waals surface area contributed by atoms with Crippen molar-refractivity contribution in [1.82, 2.24) is 10.9 Å². The third kappa shape index (κ3) is 6.39. The molecule has 0 saturated carbocycles. The van der Waals surface area contributed by atoms with Crippen LogP contribution in [-0.4, -0.2) is 24.2 Å². The Hall–Kier alpha value is -2.06. The zero-order chi connectivity index (χ0) is 18.2. The van der Waals surface area contributed by atoms with Gasteiger partial charge in [0.25, 0.3) is 5.91 Å². The molecule has 2 aromatic rings. The minimum absolute atomic E-state index is 0.0229. The van der Waals surface area contributed by atoms with E-state index in [-0.39, 0.29) is 17.4 Å². The maximum Gasteiger partial charge on any atom is 0.276 e. The largest absolute Gasteiger partial charge is 0.481 e. The molecule has 0 radical (unpaired) electrons. The summed E-state index contributed by atoms with van der Waals surface area (Å²) in [4.78, 5) is 24.4. The zero-order valence-corrected chi connectivity index (χ0v) is 15.7. The number of para-hydroxylation sites is 1. The Morgan fingerprint density at radius 2 is 1.88 bits per heavy atom. The van der Waals surface area contributed by atoms with Crippen molar-refractivity contribution in [2.45, 2.75) is 11.8 Å². The molecule has 0 aliphatic carbocycles. The molecule has 0 aliphatic heterocycles. The maximum atomic E-state index is 13.3. The number of thioether (sulfide) groups is 1. The molecule has 25 heavy (non-hydrogen) atoms. The fourth-order valence-corrected chi connectivity index (χ4v) is 3.12. The third-order valence-electron chi connectivity index (χ3n) is 3.03. The van der Waals surface area contributed by atoms with E-state index in [2.05, 4.69) is 26.8 Å². The van der Waals surface area contributed by atoms with Gasteiger partial charge in [0.15, 0.2) is 18.2 Å². The summed E-state index contributed by atoms with van der Waals surface area (Å²) in [5.74, 6) is -1.37. The van der Waals surface area contributed by atoms with Gasteiger partial charge in [0, 0.05) is 9.37 Å². The van der Waals surface area contributed by atoms with Gasteiger partial charge < -0.3 is 4.74 Å². The number of aryl methyl sites for hydroxylation is 1. The lowest BCUT2D eigenvalue weighted by molar-refractivity contribution is -0.128. The van der Waals surface area contributed by atoms with Gasteiger partial charge in [-0.1, -0.05) is 28.1 Å². The first-order chi connectivity index (χ1) is 12.0. The van der Waals surface area contributed by atoms with Gasteiger partial charge in [0.1, 0.15) is 0 Å². The van der Waals surface area contributed by atoms with Crippen molar-refractivity contribution in [3.05, 3.63) is 58.3 Å². The van der Waals surface area contributed by atoms with Gasteiger partial charge in [-0.15, -0.1) is 11.8 Å². The summed E-state index contributed by atoms with van der Waals surface area (Å²) in [6, 6.07) is 11.5. The van der Waals surface area contributed by atoms with Crippen LogP contribution in [0.2, 0.25) is 0 Å². The highest BCUT2D eigenvalue weighted by molar-refractivity contribution is 9.10. The van der Waals surface area contributed by atoms with E-state index in [0.717, 1.165) is 14.9 Å². The van der Waals surface area contributed by atoms with Crippen LogP contribution in [0, 0.1) is 12.7 Å². The molecule has 0 aromatic heterocycles. The Kier molecular flexibility index (Phi) is 7.27. The lowest BCUT2D eigenvalue weighted by atomic mass is 10.2. The molecule has 5 nitrogen and oxygen atoms in total. The van der Waals surface area contributed by atoms with Crippen molar-refractivity contribution < 1.29 is 18.7 Å². The van der Waals surface area contributed by atoms with Crippen LogP contribution in [0.15, 0.2) is 51.8 Å². The predicted molar refractivity (Wildman–Crippen MR) is 97.8 cm³/mol. The van der Waals surface area contributed by atoms with Crippen LogP contribution >= 0.6 is 27.7 Å². The van der Waals surface area contributed by atoms with E-state index in [1.165, 1.54) is 30.0 Å². The van der Waals surface area contributed by atoms with Crippen LogP contribution in [-0.2, 0) is 9.59 Å². The van der Waals surface area contributed by atoms with Crippen molar-refractivity contribution in [1.29, 1.82) is 0 Å². The topological polar surface area (TPSA) is 67.4 Å². The van der Waals surface area contributed by atoms with Crippen LogP contribution in [0.1, 0.15) is 5.56 Å². The number of nitrogens with one attached hydrogen (secondary N) is 2. The van der Waals surface area contributed by atoms with Gasteiger partial charge in [0.05, 0.1) is 5.75 Å².